The Morgan fingerprint density at radius 3 is 2.68 bits per heavy atom. The van der Waals surface area contributed by atoms with Gasteiger partial charge in [-0.3, -0.25) is 0 Å². The Morgan fingerprint density at radius 1 is 1.32 bits per heavy atom. The molecule has 0 heterocycles. The van der Waals surface area contributed by atoms with Crippen molar-refractivity contribution < 1.29 is 9.50 Å². The molecule has 0 aliphatic carbocycles. The van der Waals surface area contributed by atoms with Crippen LogP contribution < -0.4 is 0 Å². The predicted octanol–water partition coefficient (Wildman–Crippen LogP) is 4.83. The van der Waals surface area contributed by atoms with Gasteiger partial charge in [-0.15, -0.1) is 0 Å². The van der Waals surface area contributed by atoms with Crippen molar-refractivity contribution in [3.8, 4) is 0 Å². The van der Waals surface area contributed by atoms with Gasteiger partial charge in [-0.05, 0) is 36.2 Å². The van der Waals surface area contributed by atoms with Crippen LogP contribution >= 0.6 is 27.5 Å². The summed E-state index contributed by atoms with van der Waals surface area (Å²) in [6, 6.07) is 10.1. The molecule has 0 radical (unpaired) electrons. The van der Waals surface area contributed by atoms with Crippen molar-refractivity contribution >= 4 is 27.5 Å². The topological polar surface area (TPSA) is 20.2 Å². The van der Waals surface area contributed by atoms with Crippen LogP contribution in [0.25, 0.3) is 0 Å². The van der Waals surface area contributed by atoms with Crippen LogP contribution in [0.4, 0.5) is 4.39 Å². The van der Waals surface area contributed by atoms with Gasteiger partial charge in [0, 0.05) is 21.5 Å². The molecule has 0 aromatic heterocycles. The Morgan fingerprint density at radius 2 is 2.05 bits per heavy atom. The third kappa shape index (κ3) is 3.35. The van der Waals surface area contributed by atoms with E-state index >= 15 is 0 Å². The lowest BCUT2D eigenvalue weighted by atomic mass is 10.00. The van der Waals surface area contributed by atoms with Gasteiger partial charge in [0.05, 0.1) is 6.10 Å². The van der Waals surface area contributed by atoms with Crippen molar-refractivity contribution in [2.45, 2.75) is 19.4 Å². The zero-order chi connectivity index (χ0) is 14.0. The van der Waals surface area contributed by atoms with E-state index in [9.17, 15) is 9.50 Å². The largest absolute Gasteiger partial charge is 0.388 e. The first-order chi connectivity index (χ1) is 8.99. The van der Waals surface area contributed by atoms with Crippen LogP contribution in [-0.4, -0.2) is 5.11 Å². The SMILES string of the molecule is Cc1ccc(C(O)Cc2c(F)cccc2Cl)cc1Br. The molecule has 0 fully saturated rings. The molecule has 1 unspecified atom stereocenters. The number of rotatable bonds is 3. The number of hydrogen-bond donors (Lipinski definition) is 1. The zero-order valence-corrected chi connectivity index (χ0v) is 12.7. The van der Waals surface area contributed by atoms with E-state index in [2.05, 4.69) is 15.9 Å². The van der Waals surface area contributed by atoms with E-state index < -0.39 is 11.9 Å². The first-order valence-corrected chi connectivity index (χ1v) is 7.03. The minimum atomic E-state index is -0.786. The van der Waals surface area contributed by atoms with Crippen molar-refractivity contribution in [3.63, 3.8) is 0 Å². The van der Waals surface area contributed by atoms with Gasteiger partial charge < -0.3 is 5.11 Å². The number of aliphatic hydroxyl groups is 1. The normalized spacial score (nSPS) is 12.5. The maximum absolute atomic E-state index is 13.7. The first kappa shape index (κ1) is 14.5. The fourth-order valence-corrected chi connectivity index (χ4v) is 2.49. The summed E-state index contributed by atoms with van der Waals surface area (Å²) in [5.74, 6) is -0.391. The molecule has 1 nitrogen and oxygen atoms in total. The van der Waals surface area contributed by atoms with Crippen LogP contribution in [0.2, 0.25) is 5.02 Å². The summed E-state index contributed by atoms with van der Waals surface area (Å²) in [5, 5.41) is 10.5. The minimum Gasteiger partial charge on any atom is -0.388 e. The van der Waals surface area contributed by atoms with E-state index in [0.717, 1.165) is 15.6 Å². The van der Waals surface area contributed by atoms with E-state index in [-0.39, 0.29) is 6.42 Å². The van der Waals surface area contributed by atoms with Crippen LogP contribution in [0, 0.1) is 12.7 Å². The average molecular weight is 344 g/mol. The number of aliphatic hydroxyl groups excluding tert-OH is 1. The molecule has 100 valence electrons. The maximum Gasteiger partial charge on any atom is 0.127 e. The second kappa shape index (κ2) is 6.04. The molecule has 0 saturated heterocycles. The summed E-state index contributed by atoms with van der Waals surface area (Å²) in [6.45, 7) is 1.97. The van der Waals surface area contributed by atoms with Crippen molar-refractivity contribution in [2.75, 3.05) is 0 Å². The highest BCUT2D eigenvalue weighted by atomic mass is 79.9. The molecule has 1 N–H and O–H groups in total. The molecule has 19 heavy (non-hydrogen) atoms. The zero-order valence-electron chi connectivity index (χ0n) is 10.3. The van der Waals surface area contributed by atoms with Gasteiger partial charge in [0.15, 0.2) is 0 Å². The molecule has 0 amide bonds. The molecule has 1 atom stereocenters. The molecule has 0 spiro atoms. The van der Waals surface area contributed by atoms with E-state index in [1.165, 1.54) is 6.07 Å². The monoisotopic (exact) mass is 342 g/mol. The molecule has 0 aliphatic rings. The van der Waals surface area contributed by atoms with Crippen LogP contribution in [0.3, 0.4) is 0 Å². The molecule has 0 saturated carbocycles. The number of benzene rings is 2. The van der Waals surface area contributed by atoms with Crippen molar-refractivity contribution in [1.29, 1.82) is 0 Å². The fraction of sp³-hybridized carbons (Fsp3) is 0.200. The predicted molar refractivity (Wildman–Crippen MR) is 79.0 cm³/mol. The third-order valence-electron chi connectivity index (χ3n) is 3.04. The van der Waals surface area contributed by atoms with Crippen LogP contribution in [-0.2, 0) is 6.42 Å². The number of hydrogen-bond acceptors (Lipinski definition) is 1. The first-order valence-electron chi connectivity index (χ1n) is 5.86. The maximum atomic E-state index is 13.7. The Balaban J connectivity index is 2.25. The van der Waals surface area contributed by atoms with Crippen molar-refractivity contribution in [3.05, 3.63) is 68.4 Å². The van der Waals surface area contributed by atoms with Gasteiger partial charge in [0.1, 0.15) is 5.82 Å². The lowest BCUT2D eigenvalue weighted by Gasteiger charge is -2.14. The average Bonchev–Trinajstić information content (AvgIpc) is 2.37. The summed E-state index contributed by atoms with van der Waals surface area (Å²) in [6.07, 6.45) is -0.632. The molecular formula is C15H13BrClFO. The Kier molecular flexibility index (Phi) is 4.61. The molecule has 2 aromatic carbocycles. The van der Waals surface area contributed by atoms with Gasteiger partial charge in [0.2, 0.25) is 0 Å². The summed E-state index contributed by atoms with van der Waals surface area (Å²) >= 11 is 9.37. The molecule has 2 aromatic rings. The van der Waals surface area contributed by atoms with Gasteiger partial charge in [0.25, 0.3) is 0 Å². The Labute approximate surface area is 125 Å². The molecule has 0 bridgehead atoms. The van der Waals surface area contributed by atoms with Gasteiger partial charge in [-0.2, -0.15) is 0 Å². The van der Waals surface area contributed by atoms with Gasteiger partial charge >= 0.3 is 0 Å². The lowest BCUT2D eigenvalue weighted by Crippen LogP contribution is -2.04. The summed E-state index contributed by atoms with van der Waals surface area (Å²) in [7, 11) is 0. The molecule has 2 rings (SSSR count). The Hall–Kier alpha value is -0.900. The van der Waals surface area contributed by atoms with E-state index in [4.69, 9.17) is 11.6 Å². The van der Waals surface area contributed by atoms with Crippen molar-refractivity contribution in [2.24, 2.45) is 0 Å². The smallest absolute Gasteiger partial charge is 0.127 e. The number of aryl methyl sites for hydroxylation is 1. The molecular weight excluding hydrogens is 331 g/mol. The second-order valence-electron chi connectivity index (χ2n) is 4.43. The van der Waals surface area contributed by atoms with E-state index in [1.807, 2.05) is 25.1 Å². The quantitative estimate of drug-likeness (QED) is 0.846. The van der Waals surface area contributed by atoms with Gasteiger partial charge in [-0.1, -0.05) is 45.7 Å². The lowest BCUT2D eigenvalue weighted by molar-refractivity contribution is 0.177. The summed E-state index contributed by atoms with van der Waals surface area (Å²) < 4.78 is 14.6. The minimum absolute atomic E-state index is 0.154. The Bertz CT molecular complexity index is 580. The highest BCUT2D eigenvalue weighted by Crippen LogP contribution is 2.28. The molecule has 4 heteroatoms. The summed E-state index contributed by atoms with van der Waals surface area (Å²) in [5.41, 5.74) is 2.16. The molecule has 0 aliphatic heterocycles. The van der Waals surface area contributed by atoms with Crippen LogP contribution in [0.1, 0.15) is 22.8 Å². The van der Waals surface area contributed by atoms with Gasteiger partial charge in [-0.25, -0.2) is 4.39 Å². The van der Waals surface area contributed by atoms with E-state index in [1.54, 1.807) is 12.1 Å². The highest BCUT2D eigenvalue weighted by Gasteiger charge is 2.15. The fourth-order valence-electron chi connectivity index (χ4n) is 1.85. The van der Waals surface area contributed by atoms with E-state index in [0.29, 0.717) is 10.6 Å². The standard InChI is InChI=1S/C15H13BrClFO/c1-9-5-6-10(7-12(9)16)15(19)8-11-13(17)3-2-4-14(11)18/h2-7,15,19H,8H2,1H3. The third-order valence-corrected chi connectivity index (χ3v) is 4.25. The summed E-state index contributed by atoms with van der Waals surface area (Å²) in [4.78, 5) is 0. The highest BCUT2D eigenvalue weighted by molar-refractivity contribution is 9.10. The number of halogens is 3. The van der Waals surface area contributed by atoms with Crippen LogP contribution in [0.5, 0.6) is 0 Å². The van der Waals surface area contributed by atoms with Crippen LogP contribution in [0.15, 0.2) is 40.9 Å². The second-order valence-corrected chi connectivity index (χ2v) is 5.69. The van der Waals surface area contributed by atoms with Crippen molar-refractivity contribution in [1.82, 2.24) is 0 Å².